The van der Waals surface area contributed by atoms with Crippen molar-refractivity contribution in [3.05, 3.63) is 64.0 Å². The van der Waals surface area contributed by atoms with E-state index in [1.54, 1.807) is 11.3 Å². The quantitative estimate of drug-likeness (QED) is 0.552. The van der Waals surface area contributed by atoms with Crippen molar-refractivity contribution in [2.75, 3.05) is 13.1 Å². The first-order valence-electron chi connectivity index (χ1n) is 11.3. The van der Waals surface area contributed by atoms with Crippen molar-refractivity contribution in [2.45, 2.75) is 46.5 Å². The molecule has 0 unspecified atom stereocenters. The molecular formula is C26H28N4OS. The number of thiazole rings is 1. The molecule has 0 spiro atoms. The van der Waals surface area contributed by atoms with Gasteiger partial charge in [-0.05, 0) is 62.3 Å². The van der Waals surface area contributed by atoms with Crippen LogP contribution in [0.1, 0.15) is 52.3 Å². The van der Waals surface area contributed by atoms with Crippen molar-refractivity contribution >= 4 is 28.8 Å². The Morgan fingerprint density at radius 1 is 1.16 bits per heavy atom. The number of hydrogen-bond donors (Lipinski definition) is 0. The Morgan fingerprint density at radius 3 is 2.75 bits per heavy atom. The summed E-state index contributed by atoms with van der Waals surface area (Å²) >= 11 is 1.60. The van der Waals surface area contributed by atoms with Gasteiger partial charge in [-0.3, -0.25) is 4.79 Å². The highest BCUT2D eigenvalue weighted by atomic mass is 32.1. The normalized spacial score (nSPS) is 17.0. The second-order valence-electron chi connectivity index (χ2n) is 8.92. The zero-order chi connectivity index (χ0) is 22.2. The van der Waals surface area contributed by atoms with Crippen LogP contribution < -0.4 is 0 Å². The van der Waals surface area contributed by atoms with Gasteiger partial charge in [0, 0.05) is 25.9 Å². The molecular weight excluding hydrogens is 416 g/mol. The highest BCUT2D eigenvalue weighted by Crippen LogP contribution is 2.34. The van der Waals surface area contributed by atoms with Crippen molar-refractivity contribution in [3.63, 3.8) is 0 Å². The highest BCUT2D eigenvalue weighted by Gasteiger charge is 2.30. The minimum atomic E-state index is 0.0269. The van der Waals surface area contributed by atoms with Crippen molar-refractivity contribution in [1.29, 1.82) is 0 Å². The molecule has 32 heavy (non-hydrogen) atoms. The lowest BCUT2D eigenvalue weighted by Crippen LogP contribution is -2.35. The third-order valence-electron chi connectivity index (χ3n) is 6.28. The zero-order valence-corrected chi connectivity index (χ0v) is 19.7. The van der Waals surface area contributed by atoms with Crippen LogP contribution in [0, 0.1) is 26.7 Å². The van der Waals surface area contributed by atoms with Crippen LogP contribution in [0.5, 0.6) is 0 Å². The second kappa shape index (κ2) is 8.58. The van der Waals surface area contributed by atoms with E-state index in [-0.39, 0.29) is 5.91 Å². The summed E-state index contributed by atoms with van der Waals surface area (Å²) in [6.07, 6.45) is 10.0. The summed E-state index contributed by atoms with van der Waals surface area (Å²) in [4.78, 5) is 30.7. The molecule has 2 aliphatic carbocycles. The molecule has 0 atom stereocenters. The molecule has 0 bridgehead atoms. The predicted molar refractivity (Wildman–Crippen MR) is 132 cm³/mol. The van der Waals surface area contributed by atoms with Gasteiger partial charge < -0.3 is 4.90 Å². The number of aryl methyl sites for hydroxylation is 3. The lowest BCUT2D eigenvalue weighted by Gasteiger charge is -2.22. The van der Waals surface area contributed by atoms with E-state index in [2.05, 4.69) is 48.1 Å². The van der Waals surface area contributed by atoms with Crippen LogP contribution in [-0.2, 0) is 0 Å². The number of aromatic nitrogens is 1. The highest BCUT2D eigenvalue weighted by molar-refractivity contribution is 7.15. The maximum atomic E-state index is 13.7. The number of aliphatic imine (C=N–C) groups is 2. The molecule has 6 heteroatoms. The first kappa shape index (κ1) is 21.0. The Hall–Kier alpha value is -2.86. The lowest BCUT2D eigenvalue weighted by molar-refractivity contribution is 0.0748. The van der Waals surface area contributed by atoms with Crippen LogP contribution >= 0.6 is 11.3 Å². The fourth-order valence-corrected chi connectivity index (χ4v) is 5.01. The minimum absolute atomic E-state index is 0.0269. The van der Waals surface area contributed by atoms with Gasteiger partial charge in [0.25, 0.3) is 5.91 Å². The minimum Gasteiger partial charge on any atom is -0.337 e. The van der Waals surface area contributed by atoms with E-state index < -0.39 is 0 Å². The van der Waals surface area contributed by atoms with Crippen molar-refractivity contribution in [3.8, 4) is 10.4 Å². The molecule has 0 N–H and O–H groups in total. The van der Waals surface area contributed by atoms with Crippen LogP contribution in [0.4, 0.5) is 0 Å². The molecule has 1 aromatic heterocycles. The molecule has 0 radical (unpaired) electrons. The molecule has 1 aromatic carbocycles. The number of carbonyl (C=O) groups is 1. The molecule has 5 rings (SSSR count). The molecule has 2 heterocycles. The monoisotopic (exact) mass is 444 g/mol. The number of hydrogen-bond acceptors (Lipinski definition) is 5. The Labute approximate surface area is 193 Å². The summed E-state index contributed by atoms with van der Waals surface area (Å²) in [5.74, 6) is 1.46. The van der Waals surface area contributed by atoms with E-state index in [0.29, 0.717) is 24.6 Å². The summed E-state index contributed by atoms with van der Waals surface area (Å²) in [5, 5.41) is 0.919. The fourth-order valence-electron chi connectivity index (χ4n) is 4.10. The van der Waals surface area contributed by atoms with Crippen LogP contribution in [0.15, 0.2) is 52.1 Å². The number of nitrogens with zero attached hydrogens (tertiary/aromatic N) is 4. The molecule has 1 saturated carbocycles. The second-order valence-corrected chi connectivity index (χ2v) is 10.1. The number of allylic oxidation sites excluding steroid dienone is 4. The number of carbonyl (C=O) groups excluding carboxylic acids is 1. The van der Waals surface area contributed by atoms with Gasteiger partial charge in [-0.25, -0.2) is 15.0 Å². The lowest BCUT2D eigenvalue weighted by atomic mass is 10.0. The number of fused-ring (bicyclic) bond motifs is 1. The fraction of sp³-hybridized carbons (Fsp3) is 0.385. The summed E-state index contributed by atoms with van der Waals surface area (Å²) in [7, 11) is 0. The molecule has 2 aromatic rings. The molecule has 1 fully saturated rings. The maximum Gasteiger partial charge on any atom is 0.274 e. The van der Waals surface area contributed by atoms with E-state index in [1.165, 1.54) is 24.0 Å². The van der Waals surface area contributed by atoms with Gasteiger partial charge in [0.05, 0.1) is 21.3 Å². The van der Waals surface area contributed by atoms with E-state index in [1.807, 2.05) is 24.0 Å². The molecule has 164 valence electrons. The first-order valence-corrected chi connectivity index (χ1v) is 12.2. The predicted octanol–water partition coefficient (Wildman–Crippen LogP) is 5.67. The van der Waals surface area contributed by atoms with Gasteiger partial charge >= 0.3 is 0 Å². The number of amides is 1. The van der Waals surface area contributed by atoms with Crippen LogP contribution in [0.2, 0.25) is 0 Å². The Bertz CT molecular complexity index is 1200. The molecule has 1 aliphatic heterocycles. The molecule has 1 amide bonds. The van der Waals surface area contributed by atoms with Crippen molar-refractivity contribution < 1.29 is 4.79 Å². The average molecular weight is 445 g/mol. The van der Waals surface area contributed by atoms with Crippen LogP contribution in [0.25, 0.3) is 10.4 Å². The number of benzene rings is 1. The maximum absolute atomic E-state index is 13.7. The van der Waals surface area contributed by atoms with E-state index in [4.69, 9.17) is 4.99 Å². The number of rotatable bonds is 7. The third kappa shape index (κ3) is 4.37. The standard InChI is InChI=1S/C26H28N4OS/c1-16-8-11-20(14-17(16)2)25-24(27-18(3)32-25)26(31)30(15-19-9-10-19)13-12-23-28-21-6-4-5-7-22(21)29-23/h4-6,8,11,14,19H,7,9-10,12-13,15H2,1-3H3. The van der Waals surface area contributed by atoms with Crippen LogP contribution in [0.3, 0.4) is 0 Å². The smallest absolute Gasteiger partial charge is 0.274 e. The van der Waals surface area contributed by atoms with Gasteiger partial charge in [0.15, 0.2) is 0 Å². The van der Waals surface area contributed by atoms with Gasteiger partial charge in [0.1, 0.15) is 11.5 Å². The van der Waals surface area contributed by atoms with Gasteiger partial charge in [-0.1, -0.05) is 30.4 Å². The van der Waals surface area contributed by atoms with Gasteiger partial charge in [-0.15, -0.1) is 11.3 Å². The third-order valence-corrected chi connectivity index (χ3v) is 7.30. The van der Waals surface area contributed by atoms with Crippen LogP contribution in [-0.4, -0.2) is 40.4 Å². The largest absolute Gasteiger partial charge is 0.337 e. The molecule has 3 aliphatic rings. The number of amidine groups is 1. The van der Waals surface area contributed by atoms with E-state index >= 15 is 0 Å². The summed E-state index contributed by atoms with van der Waals surface area (Å²) in [6, 6.07) is 6.39. The van der Waals surface area contributed by atoms with E-state index in [0.717, 1.165) is 45.7 Å². The SMILES string of the molecule is Cc1nc(C(=O)N(CCC2=NC3=CC=CCC3=N2)CC2CC2)c(-c2ccc(C)c(C)c2)s1. The summed E-state index contributed by atoms with van der Waals surface area (Å²) in [5.41, 5.74) is 6.14. The molecule has 0 saturated heterocycles. The average Bonchev–Trinajstić information content (AvgIpc) is 3.37. The Kier molecular flexibility index (Phi) is 5.64. The molecule has 5 nitrogen and oxygen atoms in total. The first-order chi connectivity index (χ1) is 15.5. The summed E-state index contributed by atoms with van der Waals surface area (Å²) < 4.78 is 0. The Balaban J connectivity index is 1.38. The van der Waals surface area contributed by atoms with Gasteiger partial charge in [0.2, 0.25) is 0 Å². The van der Waals surface area contributed by atoms with E-state index in [9.17, 15) is 4.79 Å². The van der Waals surface area contributed by atoms with Crippen molar-refractivity contribution in [1.82, 2.24) is 9.88 Å². The Morgan fingerprint density at radius 2 is 2.00 bits per heavy atom. The summed E-state index contributed by atoms with van der Waals surface area (Å²) in [6.45, 7) is 7.60. The topological polar surface area (TPSA) is 57.9 Å². The van der Waals surface area contributed by atoms with Gasteiger partial charge in [-0.2, -0.15) is 0 Å². The van der Waals surface area contributed by atoms with Crippen molar-refractivity contribution in [2.24, 2.45) is 15.9 Å². The zero-order valence-electron chi connectivity index (χ0n) is 18.9.